The molecule has 0 unspecified atom stereocenters. The highest BCUT2D eigenvalue weighted by atomic mass is 35.5. The van der Waals surface area contributed by atoms with E-state index in [0.717, 1.165) is 6.07 Å². The van der Waals surface area contributed by atoms with Crippen molar-refractivity contribution in [1.82, 2.24) is 0 Å². The summed E-state index contributed by atoms with van der Waals surface area (Å²) >= 11 is 6.01. The van der Waals surface area contributed by atoms with Crippen LogP contribution in [0.1, 0.15) is 0 Å². The molecule has 0 saturated heterocycles. The standard InChI is InChI=1S/C6H4ClFOS/c7-5-3-4(8)1-2-6(5)10-9/h1-3,9H. The Hall–Kier alpha value is -0.250. The van der Waals surface area contributed by atoms with Crippen molar-refractivity contribution in [2.24, 2.45) is 0 Å². The lowest BCUT2D eigenvalue weighted by atomic mass is 10.3. The molecule has 1 rings (SSSR count). The lowest BCUT2D eigenvalue weighted by molar-refractivity contribution is 0.625. The molecule has 0 radical (unpaired) electrons. The molecule has 0 amide bonds. The van der Waals surface area contributed by atoms with Crippen molar-refractivity contribution in [3.8, 4) is 0 Å². The Labute approximate surface area is 67.0 Å². The van der Waals surface area contributed by atoms with Gasteiger partial charge in [-0.1, -0.05) is 11.6 Å². The first-order valence-electron chi connectivity index (χ1n) is 2.50. The van der Waals surface area contributed by atoms with Gasteiger partial charge in [-0.15, -0.1) is 0 Å². The zero-order valence-electron chi connectivity index (χ0n) is 4.84. The third kappa shape index (κ3) is 1.62. The van der Waals surface area contributed by atoms with Crippen molar-refractivity contribution in [1.29, 1.82) is 0 Å². The quantitative estimate of drug-likeness (QED) is 0.667. The van der Waals surface area contributed by atoms with Crippen LogP contribution in [0.4, 0.5) is 4.39 Å². The molecule has 54 valence electrons. The van der Waals surface area contributed by atoms with Crippen molar-refractivity contribution in [3.05, 3.63) is 29.0 Å². The molecular weight excluding hydrogens is 175 g/mol. The van der Waals surface area contributed by atoms with E-state index in [1.165, 1.54) is 12.1 Å². The molecule has 0 fully saturated rings. The number of benzene rings is 1. The Balaban J connectivity index is 3.07. The van der Waals surface area contributed by atoms with Gasteiger partial charge in [0.2, 0.25) is 0 Å². The summed E-state index contributed by atoms with van der Waals surface area (Å²) in [6, 6.07) is 3.81. The highest BCUT2D eigenvalue weighted by molar-refractivity contribution is 7.93. The molecule has 0 aliphatic carbocycles. The van der Waals surface area contributed by atoms with E-state index in [4.69, 9.17) is 16.2 Å². The summed E-state index contributed by atoms with van der Waals surface area (Å²) in [4.78, 5) is 0.461. The van der Waals surface area contributed by atoms with Crippen LogP contribution in [-0.2, 0) is 0 Å². The van der Waals surface area contributed by atoms with E-state index >= 15 is 0 Å². The predicted octanol–water partition coefficient (Wildman–Crippen LogP) is 3.04. The minimum Gasteiger partial charge on any atom is -0.325 e. The highest BCUT2D eigenvalue weighted by Crippen LogP contribution is 2.24. The number of hydrogen-bond acceptors (Lipinski definition) is 2. The van der Waals surface area contributed by atoms with Gasteiger partial charge in [-0.05, 0) is 18.2 Å². The van der Waals surface area contributed by atoms with Gasteiger partial charge in [-0.25, -0.2) is 4.39 Å². The van der Waals surface area contributed by atoms with Crippen LogP contribution >= 0.6 is 23.6 Å². The molecule has 1 aromatic rings. The number of hydrogen-bond donors (Lipinski definition) is 1. The molecule has 0 aliphatic heterocycles. The predicted molar refractivity (Wildman–Crippen MR) is 39.9 cm³/mol. The van der Waals surface area contributed by atoms with Crippen LogP contribution in [-0.4, -0.2) is 4.55 Å². The van der Waals surface area contributed by atoms with Crippen molar-refractivity contribution in [3.63, 3.8) is 0 Å². The summed E-state index contributed by atoms with van der Waals surface area (Å²) in [7, 11) is 0. The largest absolute Gasteiger partial charge is 0.325 e. The molecule has 0 bridgehead atoms. The Morgan fingerprint density at radius 2 is 2.20 bits per heavy atom. The van der Waals surface area contributed by atoms with Gasteiger partial charge in [0.05, 0.1) is 9.92 Å². The van der Waals surface area contributed by atoms with E-state index in [1.54, 1.807) is 0 Å². The average Bonchev–Trinajstić information content (AvgIpc) is 1.88. The molecule has 0 aliphatic rings. The van der Waals surface area contributed by atoms with E-state index in [-0.39, 0.29) is 5.02 Å². The maximum absolute atomic E-state index is 12.3. The highest BCUT2D eigenvalue weighted by Gasteiger charge is 1.99. The van der Waals surface area contributed by atoms with E-state index in [2.05, 4.69) is 0 Å². The Bertz CT molecular complexity index is 241. The molecule has 1 aromatic carbocycles. The van der Waals surface area contributed by atoms with Crippen LogP contribution in [0.25, 0.3) is 0 Å². The van der Waals surface area contributed by atoms with Crippen LogP contribution in [0, 0.1) is 5.82 Å². The van der Waals surface area contributed by atoms with E-state index in [0.29, 0.717) is 16.9 Å². The Morgan fingerprint density at radius 3 is 2.70 bits per heavy atom. The Kier molecular flexibility index (Phi) is 2.54. The van der Waals surface area contributed by atoms with Gasteiger partial charge in [-0.2, -0.15) is 0 Å². The third-order valence-electron chi connectivity index (χ3n) is 0.992. The number of rotatable bonds is 1. The maximum atomic E-state index is 12.3. The lowest BCUT2D eigenvalue weighted by Gasteiger charge is -1.96. The normalized spacial score (nSPS) is 9.90. The second kappa shape index (κ2) is 3.23. The molecular formula is C6H4ClFOS. The minimum atomic E-state index is -0.400. The Morgan fingerprint density at radius 1 is 1.50 bits per heavy atom. The first-order valence-corrected chi connectivity index (χ1v) is 3.65. The molecule has 1 N–H and O–H groups in total. The summed E-state index contributed by atoms with van der Waals surface area (Å²) < 4.78 is 20.8. The van der Waals surface area contributed by atoms with E-state index in [9.17, 15) is 4.39 Å². The molecule has 0 spiro atoms. The van der Waals surface area contributed by atoms with Gasteiger partial charge < -0.3 is 4.55 Å². The molecule has 0 saturated carbocycles. The second-order valence-electron chi connectivity index (χ2n) is 1.67. The van der Waals surface area contributed by atoms with E-state index < -0.39 is 5.82 Å². The van der Waals surface area contributed by atoms with Crippen LogP contribution in [0.15, 0.2) is 23.1 Å². The van der Waals surface area contributed by atoms with Crippen molar-refractivity contribution in [2.45, 2.75) is 4.90 Å². The molecule has 0 atom stereocenters. The topological polar surface area (TPSA) is 20.2 Å². The molecule has 0 heterocycles. The van der Waals surface area contributed by atoms with Gasteiger partial charge in [0.25, 0.3) is 0 Å². The fourth-order valence-electron chi connectivity index (χ4n) is 0.549. The van der Waals surface area contributed by atoms with Crippen LogP contribution in [0.3, 0.4) is 0 Å². The van der Waals surface area contributed by atoms with Gasteiger partial charge in [0.1, 0.15) is 5.82 Å². The maximum Gasteiger partial charge on any atom is 0.124 e. The first-order chi connectivity index (χ1) is 4.74. The van der Waals surface area contributed by atoms with Crippen molar-refractivity contribution < 1.29 is 8.94 Å². The summed E-state index contributed by atoms with van der Waals surface area (Å²) in [6.45, 7) is 0. The van der Waals surface area contributed by atoms with Crippen molar-refractivity contribution in [2.75, 3.05) is 0 Å². The van der Waals surface area contributed by atoms with Gasteiger partial charge in [0, 0.05) is 12.0 Å². The monoisotopic (exact) mass is 178 g/mol. The zero-order valence-corrected chi connectivity index (χ0v) is 6.42. The fraction of sp³-hybridized carbons (Fsp3) is 0. The van der Waals surface area contributed by atoms with Gasteiger partial charge in [0.15, 0.2) is 0 Å². The molecule has 1 nitrogen and oxygen atoms in total. The van der Waals surface area contributed by atoms with Crippen molar-refractivity contribution >= 4 is 23.6 Å². The molecule has 0 aromatic heterocycles. The molecule has 10 heavy (non-hydrogen) atoms. The first kappa shape index (κ1) is 7.85. The minimum absolute atomic E-state index is 0.229. The number of halogens is 2. The SMILES string of the molecule is OSc1ccc(F)cc1Cl. The summed E-state index contributed by atoms with van der Waals surface area (Å²) in [5.41, 5.74) is 0. The smallest absolute Gasteiger partial charge is 0.124 e. The van der Waals surface area contributed by atoms with Crippen LogP contribution in [0.5, 0.6) is 0 Å². The fourth-order valence-corrected chi connectivity index (χ4v) is 1.10. The lowest BCUT2D eigenvalue weighted by Crippen LogP contribution is -1.75. The van der Waals surface area contributed by atoms with Crippen LogP contribution < -0.4 is 0 Å². The van der Waals surface area contributed by atoms with Gasteiger partial charge >= 0.3 is 0 Å². The summed E-state index contributed by atoms with van der Waals surface area (Å²) in [6.07, 6.45) is 0. The second-order valence-corrected chi connectivity index (χ2v) is 2.70. The molecule has 4 heteroatoms. The van der Waals surface area contributed by atoms with E-state index in [1.807, 2.05) is 0 Å². The zero-order chi connectivity index (χ0) is 7.56. The van der Waals surface area contributed by atoms with Gasteiger partial charge in [-0.3, -0.25) is 0 Å². The average molecular weight is 179 g/mol. The third-order valence-corrected chi connectivity index (χ3v) is 1.97. The summed E-state index contributed by atoms with van der Waals surface area (Å²) in [5.74, 6) is -0.400. The van der Waals surface area contributed by atoms with Crippen LogP contribution in [0.2, 0.25) is 5.02 Å². The summed E-state index contributed by atoms with van der Waals surface area (Å²) in [5, 5.41) is 0.229.